The van der Waals surface area contributed by atoms with Gasteiger partial charge in [0.2, 0.25) is 5.91 Å². The van der Waals surface area contributed by atoms with Gasteiger partial charge in [-0.15, -0.1) is 22.9 Å². The molecule has 1 atom stereocenters. The molecule has 6 heteroatoms. The minimum atomic E-state index is -0.490. The second kappa shape index (κ2) is 6.50. The van der Waals surface area contributed by atoms with Crippen LogP contribution in [-0.2, 0) is 4.79 Å². The highest BCUT2D eigenvalue weighted by atomic mass is 35.5. The number of amides is 3. The monoisotopic (exact) mass is 260 g/mol. The van der Waals surface area contributed by atoms with Crippen LogP contribution in [-0.4, -0.2) is 17.8 Å². The van der Waals surface area contributed by atoms with Crippen LogP contribution in [0.2, 0.25) is 0 Å². The smallest absolute Gasteiger partial charge is 0.321 e. The zero-order valence-corrected chi connectivity index (χ0v) is 10.4. The number of urea groups is 1. The third-order valence-corrected chi connectivity index (χ3v) is 3.14. The lowest BCUT2D eigenvalue weighted by molar-refractivity contribution is -0.119. The molecular formula is C10H13ClN2O2S. The van der Waals surface area contributed by atoms with E-state index in [1.165, 1.54) is 0 Å². The molecule has 4 nitrogen and oxygen atoms in total. The SMILES string of the molecule is CC(NC(=O)NC(=O)CCCl)c1cccs1. The van der Waals surface area contributed by atoms with E-state index in [2.05, 4.69) is 10.6 Å². The minimum absolute atomic E-state index is 0.108. The van der Waals surface area contributed by atoms with Crippen LogP contribution in [0, 0.1) is 0 Å². The standard InChI is InChI=1S/C10H13ClN2O2S/c1-7(8-3-2-6-16-8)12-10(15)13-9(14)4-5-11/h2-3,6-7H,4-5H2,1H3,(H2,12,13,14,15). The fourth-order valence-electron chi connectivity index (χ4n) is 1.12. The normalized spacial score (nSPS) is 11.9. The van der Waals surface area contributed by atoms with Gasteiger partial charge in [-0.05, 0) is 18.4 Å². The van der Waals surface area contributed by atoms with Crippen molar-refractivity contribution in [3.63, 3.8) is 0 Å². The van der Waals surface area contributed by atoms with Crippen molar-refractivity contribution in [1.82, 2.24) is 10.6 Å². The van der Waals surface area contributed by atoms with Gasteiger partial charge in [-0.2, -0.15) is 0 Å². The Morgan fingerprint density at radius 3 is 2.88 bits per heavy atom. The number of nitrogens with one attached hydrogen (secondary N) is 2. The number of carbonyl (C=O) groups is 2. The molecule has 0 aliphatic carbocycles. The van der Waals surface area contributed by atoms with Crippen LogP contribution in [0.1, 0.15) is 24.3 Å². The Morgan fingerprint density at radius 1 is 1.56 bits per heavy atom. The number of rotatable bonds is 4. The Hall–Kier alpha value is -1.07. The van der Waals surface area contributed by atoms with Gasteiger partial charge < -0.3 is 5.32 Å². The largest absolute Gasteiger partial charge is 0.330 e. The Labute approximate surface area is 103 Å². The van der Waals surface area contributed by atoms with Crippen LogP contribution in [0.25, 0.3) is 0 Å². The lowest BCUT2D eigenvalue weighted by Gasteiger charge is -2.12. The van der Waals surface area contributed by atoms with E-state index in [9.17, 15) is 9.59 Å². The Balaban J connectivity index is 2.37. The maximum Gasteiger partial charge on any atom is 0.321 e. The van der Waals surface area contributed by atoms with E-state index in [0.29, 0.717) is 0 Å². The Bertz CT molecular complexity index is 354. The molecule has 0 radical (unpaired) electrons. The molecule has 2 N–H and O–H groups in total. The fourth-order valence-corrected chi connectivity index (χ4v) is 2.02. The van der Waals surface area contributed by atoms with Crippen LogP contribution >= 0.6 is 22.9 Å². The molecule has 0 saturated heterocycles. The highest BCUT2D eigenvalue weighted by Crippen LogP contribution is 2.17. The lowest BCUT2D eigenvalue weighted by atomic mass is 10.3. The quantitative estimate of drug-likeness (QED) is 0.816. The summed E-state index contributed by atoms with van der Waals surface area (Å²) in [5, 5.41) is 6.81. The average Bonchev–Trinajstić information content (AvgIpc) is 2.69. The van der Waals surface area contributed by atoms with Crippen molar-refractivity contribution in [3.05, 3.63) is 22.4 Å². The Kier molecular flexibility index (Phi) is 5.28. The number of alkyl halides is 1. The molecule has 1 aromatic rings. The fraction of sp³-hybridized carbons (Fsp3) is 0.400. The van der Waals surface area contributed by atoms with Crippen molar-refractivity contribution in [2.75, 3.05) is 5.88 Å². The molecule has 1 rings (SSSR count). The molecule has 16 heavy (non-hydrogen) atoms. The molecule has 0 spiro atoms. The summed E-state index contributed by atoms with van der Waals surface area (Å²) >= 11 is 6.93. The molecule has 0 aromatic carbocycles. The van der Waals surface area contributed by atoms with Gasteiger partial charge in [-0.3, -0.25) is 10.1 Å². The van der Waals surface area contributed by atoms with E-state index < -0.39 is 6.03 Å². The summed E-state index contributed by atoms with van der Waals surface area (Å²) in [7, 11) is 0. The minimum Gasteiger partial charge on any atom is -0.330 e. The molecule has 0 fully saturated rings. The summed E-state index contributed by atoms with van der Waals surface area (Å²) in [5.41, 5.74) is 0. The van der Waals surface area contributed by atoms with Gasteiger partial charge in [0.05, 0.1) is 6.04 Å². The van der Waals surface area contributed by atoms with Crippen molar-refractivity contribution < 1.29 is 9.59 Å². The highest BCUT2D eigenvalue weighted by Gasteiger charge is 2.12. The van der Waals surface area contributed by atoms with E-state index in [1.807, 2.05) is 24.4 Å². The van der Waals surface area contributed by atoms with Gasteiger partial charge in [0.15, 0.2) is 0 Å². The topological polar surface area (TPSA) is 58.2 Å². The number of imide groups is 1. The first-order valence-corrected chi connectivity index (χ1v) is 6.24. The van der Waals surface area contributed by atoms with Gasteiger partial charge in [0, 0.05) is 17.2 Å². The first kappa shape index (κ1) is 13.0. The molecule has 0 saturated carbocycles. The first-order valence-electron chi connectivity index (χ1n) is 4.83. The number of hydrogen-bond donors (Lipinski definition) is 2. The predicted octanol–water partition coefficient (Wildman–Crippen LogP) is 2.26. The zero-order chi connectivity index (χ0) is 12.0. The van der Waals surface area contributed by atoms with E-state index in [-0.39, 0.29) is 24.2 Å². The van der Waals surface area contributed by atoms with Crippen molar-refractivity contribution in [1.29, 1.82) is 0 Å². The summed E-state index contributed by atoms with van der Waals surface area (Å²) in [4.78, 5) is 23.5. The van der Waals surface area contributed by atoms with Gasteiger partial charge in [-0.1, -0.05) is 6.07 Å². The van der Waals surface area contributed by atoms with Crippen LogP contribution < -0.4 is 10.6 Å². The van der Waals surface area contributed by atoms with Crippen molar-refractivity contribution in [3.8, 4) is 0 Å². The maximum atomic E-state index is 11.4. The zero-order valence-electron chi connectivity index (χ0n) is 8.83. The Morgan fingerprint density at radius 2 is 2.31 bits per heavy atom. The van der Waals surface area contributed by atoms with Crippen molar-refractivity contribution in [2.24, 2.45) is 0 Å². The summed E-state index contributed by atoms with van der Waals surface area (Å²) in [6.45, 7) is 1.86. The lowest BCUT2D eigenvalue weighted by Crippen LogP contribution is -2.40. The predicted molar refractivity (Wildman–Crippen MR) is 64.7 cm³/mol. The van der Waals surface area contributed by atoms with Gasteiger partial charge >= 0.3 is 6.03 Å². The molecule has 0 bridgehead atoms. The number of halogens is 1. The molecule has 88 valence electrons. The highest BCUT2D eigenvalue weighted by molar-refractivity contribution is 7.10. The third kappa shape index (κ3) is 4.20. The van der Waals surface area contributed by atoms with Gasteiger partial charge in [0.25, 0.3) is 0 Å². The molecule has 1 heterocycles. The van der Waals surface area contributed by atoms with Crippen molar-refractivity contribution >= 4 is 34.9 Å². The summed E-state index contributed by atoms with van der Waals surface area (Å²) in [6.07, 6.45) is 0.141. The van der Waals surface area contributed by atoms with E-state index in [4.69, 9.17) is 11.6 Å². The molecule has 3 amide bonds. The summed E-state index contributed by atoms with van der Waals surface area (Å²) < 4.78 is 0. The number of thiophene rings is 1. The molecule has 0 aliphatic rings. The average molecular weight is 261 g/mol. The first-order chi connectivity index (χ1) is 7.63. The molecular weight excluding hydrogens is 248 g/mol. The summed E-state index contributed by atoms with van der Waals surface area (Å²) in [5.74, 6) is -0.162. The summed E-state index contributed by atoms with van der Waals surface area (Å²) in [6, 6.07) is 3.24. The second-order valence-corrected chi connectivity index (χ2v) is 4.55. The number of hydrogen-bond acceptors (Lipinski definition) is 3. The van der Waals surface area contributed by atoms with Crippen LogP contribution in [0.4, 0.5) is 4.79 Å². The van der Waals surface area contributed by atoms with Gasteiger partial charge in [-0.25, -0.2) is 4.79 Å². The number of carbonyl (C=O) groups excluding carboxylic acids is 2. The van der Waals surface area contributed by atoms with Crippen LogP contribution in [0.3, 0.4) is 0 Å². The maximum absolute atomic E-state index is 11.4. The van der Waals surface area contributed by atoms with E-state index in [1.54, 1.807) is 11.3 Å². The third-order valence-electron chi connectivity index (χ3n) is 1.89. The van der Waals surface area contributed by atoms with E-state index in [0.717, 1.165) is 4.88 Å². The molecule has 1 unspecified atom stereocenters. The van der Waals surface area contributed by atoms with Crippen LogP contribution in [0.15, 0.2) is 17.5 Å². The van der Waals surface area contributed by atoms with Gasteiger partial charge in [0.1, 0.15) is 0 Å². The molecule has 0 aliphatic heterocycles. The van der Waals surface area contributed by atoms with Crippen molar-refractivity contribution in [2.45, 2.75) is 19.4 Å². The second-order valence-electron chi connectivity index (χ2n) is 3.20. The van der Waals surface area contributed by atoms with Crippen LogP contribution in [0.5, 0.6) is 0 Å². The van der Waals surface area contributed by atoms with E-state index >= 15 is 0 Å². The molecule has 1 aromatic heterocycles.